The number of carbonyl (C=O) groups is 1. The minimum atomic E-state index is -0.821. The largest absolute Gasteiger partial charge is 0.480 e. The Morgan fingerprint density at radius 1 is 1.41 bits per heavy atom. The summed E-state index contributed by atoms with van der Waals surface area (Å²) in [6.45, 7) is 1.80. The van der Waals surface area contributed by atoms with Gasteiger partial charge in [0.05, 0.1) is 0 Å². The van der Waals surface area contributed by atoms with Crippen LogP contribution in [-0.4, -0.2) is 30.2 Å². The molecule has 1 unspecified atom stereocenters. The third-order valence-corrected chi connectivity index (χ3v) is 2.84. The van der Waals surface area contributed by atoms with Crippen LogP contribution in [0.4, 0.5) is 0 Å². The van der Waals surface area contributed by atoms with E-state index in [-0.39, 0.29) is 18.4 Å². The van der Waals surface area contributed by atoms with Crippen LogP contribution >= 0.6 is 12.4 Å². The van der Waals surface area contributed by atoms with Gasteiger partial charge in [-0.1, -0.05) is 30.3 Å². The number of benzene rings is 1. The van der Waals surface area contributed by atoms with Crippen molar-refractivity contribution < 1.29 is 9.90 Å². The van der Waals surface area contributed by atoms with Crippen LogP contribution in [-0.2, 0) is 4.79 Å². The molecule has 0 aliphatic carbocycles. The number of rotatable bonds is 4. The Balaban J connectivity index is 0.00000144. The summed E-state index contributed by atoms with van der Waals surface area (Å²) in [5, 5.41) is 15.6. The minimum Gasteiger partial charge on any atom is -0.480 e. The van der Waals surface area contributed by atoms with Gasteiger partial charge < -0.3 is 10.4 Å². The first-order valence-corrected chi connectivity index (χ1v) is 5.52. The van der Waals surface area contributed by atoms with E-state index < -0.39 is 12.0 Å². The van der Waals surface area contributed by atoms with Crippen LogP contribution in [0.5, 0.6) is 0 Å². The number of nitrogens with one attached hydrogen (secondary N) is 2. The molecule has 0 amide bonds. The molecular formula is C12H17ClN2O2. The molecule has 5 heteroatoms. The van der Waals surface area contributed by atoms with Gasteiger partial charge in [0, 0.05) is 12.6 Å². The Morgan fingerprint density at radius 2 is 2.12 bits per heavy atom. The lowest BCUT2D eigenvalue weighted by atomic mass is 10.1. The van der Waals surface area contributed by atoms with Crippen LogP contribution in [0.2, 0.25) is 0 Å². The molecule has 1 aliphatic heterocycles. The molecule has 3 N–H and O–H groups in total. The predicted molar refractivity (Wildman–Crippen MR) is 68.5 cm³/mol. The molecule has 0 saturated carbocycles. The molecule has 0 bridgehead atoms. The Bertz CT molecular complexity index is 353. The van der Waals surface area contributed by atoms with Gasteiger partial charge >= 0.3 is 5.97 Å². The van der Waals surface area contributed by atoms with Crippen LogP contribution < -0.4 is 10.6 Å². The highest BCUT2D eigenvalue weighted by atomic mass is 35.5. The second-order valence-corrected chi connectivity index (χ2v) is 4.04. The number of halogens is 1. The lowest BCUT2D eigenvalue weighted by Gasteiger charge is -2.19. The lowest BCUT2D eigenvalue weighted by molar-refractivity contribution is -0.139. The third-order valence-electron chi connectivity index (χ3n) is 2.84. The molecule has 1 aliphatic rings. The number of hydrogen-bond acceptors (Lipinski definition) is 3. The maximum absolute atomic E-state index is 11.2. The van der Waals surface area contributed by atoms with Crippen molar-refractivity contribution in [2.75, 3.05) is 13.1 Å². The van der Waals surface area contributed by atoms with Crippen LogP contribution in [0, 0.1) is 0 Å². The van der Waals surface area contributed by atoms with Gasteiger partial charge in [0.2, 0.25) is 0 Å². The van der Waals surface area contributed by atoms with Gasteiger partial charge in [0.15, 0.2) is 0 Å². The van der Waals surface area contributed by atoms with Crippen LogP contribution in [0.15, 0.2) is 30.3 Å². The molecule has 0 radical (unpaired) electrons. The van der Waals surface area contributed by atoms with E-state index >= 15 is 0 Å². The normalized spacial score (nSPS) is 20.6. The molecule has 1 aromatic rings. The monoisotopic (exact) mass is 256 g/mol. The summed E-state index contributed by atoms with van der Waals surface area (Å²) in [6.07, 6.45) is 0.983. The molecule has 4 nitrogen and oxygen atoms in total. The standard InChI is InChI=1S/C12H16N2O2.ClH/c15-12(16)11(9-4-2-1-3-5-9)14-10-6-7-13-8-10;/h1-5,10-11,13-14H,6-8H2,(H,15,16);1H/t10?,11-;/m1./s1. The van der Waals surface area contributed by atoms with E-state index in [1.165, 1.54) is 0 Å². The van der Waals surface area contributed by atoms with Gasteiger partial charge in [-0.2, -0.15) is 0 Å². The Hall–Kier alpha value is -1.10. The SMILES string of the molecule is Cl.O=C(O)[C@H](NC1CCNC1)c1ccccc1. The summed E-state index contributed by atoms with van der Waals surface area (Å²) in [5.74, 6) is -0.821. The van der Waals surface area contributed by atoms with Crippen molar-refractivity contribution in [2.24, 2.45) is 0 Å². The average Bonchev–Trinajstić information content (AvgIpc) is 2.79. The van der Waals surface area contributed by atoms with Crippen molar-refractivity contribution in [3.8, 4) is 0 Å². The zero-order chi connectivity index (χ0) is 11.4. The predicted octanol–water partition coefficient (Wildman–Crippen LogP) is 1.19. The first kappa shape index (κ1) is 14.0. The molecule has 1 fully saturated rings. The molecule has 94 valence electrons. The molecule has 0 aromatic heterocycles. The second-order valence-electron chi connectivity index (χ2n) is 4.04. The van der Waals surface area contributed by atoms with Crippen LogP contribution in [0.25, 0.3) is 0 Å². The van der Waals surface area contributed by atoms with Gasteiger partial charge in [-0.05, 0) is 18.5 Å². The Morgan fingerprint density at radius 3 is 2.65 bits per heavy atom. The number of carboxylic acids is 1. The summed E-state index contributed by atoms with van der Waals surface area (Å²) >= 11 is 0. The van der Waals surface area contributed by atoms with Gasteiger partial charge in [-0.25, -0.2) is 0 Å². The number of hydrogen-bond donors (Lipinski definition) is 3. The highest BCUT2D eigenvalue weighted by Crippen LogP contribution is 2.14. The Kier molecular flexibility index (Phi) is 5.41. The van der Waals surface area contributed by atoms with E-state index in [2.05, 4.69) is 10.6 Å². The fourth-order valence-electron chi connectivity index (χ4n) is 1.99. The highest BCUT2D eigenvalue weighted by molar-refractivity contribution is 5.85. The van der Waals surface area contributed by atoms with Gasteiger partial charge in [-0.3, -0.25) is 10.1 Å². The molecule has 1 aromatic carbocycles. The first-order valence-electron chi connectivity index (χ1n) is 5.52. The minimum absolute atomic E-state index is 0. The maximum atomic E-state index is 11.2. The fourth-order valence-corrected chi connectivity index (χ4v) is 1.99. The maximum Gasteiger partial charge on any atom is 0.325 e. The lowest BCUT2D eigenvalue weighted by Crippen LogP contribution is -2.38. The van der Waals surface area contributed by atoms with Crippen LogP contribution in [0.1, 0.15) is 18.0 Å². The van der Waals surface area contributed by atoms with E-state index in [4.69, 9.17) is 0 Å². The molecular weight excluding hydrogens is 240 g/mol. The summed E-state index contributed by atoms with van der Waals surface area (Å²) in [5.41, 5.74) is 0.807. The zero-order valence-electron chi connectivity index (χ0n) is 9.43. The molecule has 1 heterocycles. The van der Waals surface area contributed by atoms with Crippen molar-refractivity contribution in [3.63, 3.8) is 0 Å². The van der Waals surface area contributed by atoms with Gasteiger partial charge in [0.25, 0.3) is 0 Å². The smallest absolute Gasteiger partial charge is 0.325 e. The molecule has 2 atom stereocenters. The first-order chi connectivity index (χ1) is 7.77. The average molecular weight is 257 g/mol. The molecule has 0 spiro atoms. The summed E-state index contributed by atoms with van der Waals surface area (Å²) in [4.78, 5) is 11.2. The van der Waals surface area contributed by atoms with Gasteiger partial charge in [-0.15, -0.1) is 12.4 Å². The summed E-state index contributed by atoms with van der Waals surface area (Å²) < 4.78 is 0. The number of aliphatic carboxylic acids is 1. The highest BCUT2D eigenvalue weighted by Gasteiger charge is 2.24. The summed E-state index contributed by atoms with van der Waals surface area (Å²) in [7, 11) is 0. The van der Waals surface area contributed by atoms with E-state index in [0.717, 1.165) is 25.1 Å². The fraction of sp³-hybridized carbons (Fsp3) is 0.417. The van der Waals surface area contributed by atoms with E-state index in [0.29, 0.717) is 0 Å². The van der Waals surface area contributed by atoms with Crippen molar-refractivity contribution in [1.29, 1.82) is 0 Å². The Labute approximate surface area is 107 Å². The van der Waals surface area contributed by atoms with E-state index in [1.807, 2.05) is 30.3 Å². The third kappa shape index (κ3) is 3.70. The molecule has 17 heavy (non-hydrogen) atoms. The van der Waals surface area contributed by atoms with E-state index in [1.54, 1.807) is 0 Å². The zero-order valence-corrected chi connectivity index (χ0v) is 10.2. The van der Waals surface area contributed by atoms with Crippen LogP contribution in [0.3, 0.4) is 0 Å². The molecule has 1 saturated heterocycles. The van der Waals surface area contributed by atoms with E-state index in [9.17, 15) is 9.90 Å². The molecule has 2 rings (SSSR count). The van der Waals surface area contributed by atoms with Crippen molar-refractivity contribution in [1.82, 2.24) is 10.6 Å². The topological polar surface area (TPSA) is 61.4 Å². The van der Waals surface area contributed by atoms with Crippen molar-refractivity contribution >= 4 is 18.4 Å². The number of carboxylic acid groups (broad SMARTS) is 1. The second kappa shape index (κ2) is 6.59. The quantitative estimate of drug-likeness (QED) is 0.757. The summed E-state index contributed by atoms with van der Waals surface area (Å²) in [6, 6.07) is 8.94. The van der Waals surface area contributed by atoms with Crippen molar-refractivity contribution in [2.45, 2.75) is 18.5 Å². The van der Waals surface area contributed by atoms with Crippen molar-refractivity contribution in [3.05, 3.63) is 35.9 Å². The van der Waals surface area contributed by atoms with Gasteiger partial charge in [0.1, 0.15) is 6.04 Å².